The van der Waals surface area contributed by atoms with Crippen LogP contribution in [0.15, 0.2) is 48.5 Å². The fourth-order valence-electron chi connectivity index (χ4n) is 2.95. The Morgan fingerprint density at radius 2 is 1.55 bits per heavy atom. The van der Waals surface area contributed by atoms with E-state index in [0.717, 1.165) is 19.3 Å². The zero-order valence-electron chi connectivity index (χ0n) is 16.3. The van der Waals surface area contributed by atoms with Crippen LogP contribution in [-0.4, -0.2) is 11.7 Å². The Kier molecular flexibility index (Phi) is 9.18. The molecule has 0 saturated carbocycles. The second-order valence-corrected chi connectivity index (χ2v) is 7.93. The summed E-state index contributed by atoms with van der Waals surface area (Å²) in [6.45, 7) is 1.89. The van der Waals surface area contributed by atoms with Gasteiger partial charge < -0.3 is 5.32 Å². The first-order valence-electron chi connectivity index (χ1n) is 9.65. The highest BCUT2D eigenvalue weighted by Crippen LogP contribution is 2.22. The predicted octanol–water partition coefficient (Wildman–Crippen LogP) is 6.14. The molecular formula is C23H24Cl2N2O2. The number of rotatable bonds is 10. The van der Waals surface area contributed by atoms with E-state index in [9.17, 15) is 9.59 Å². The van der Waals surface area contributed by atoms with Crippen molar-refractivity contribution in [3.05, 3.63) is 69.7 Å². The lowest BCUT2D eigenvalue weighted by atomic mass is 9.97. The van der Waals surface area contributed by atoms with Crippen molar-refractivity contribution in [2.45, 2.75) is 45.1 Å². The number of hydrogen-bond acceptors (Lipinski definition) is 3. The van der Waals surface area contributed by atoms with Crippen LogP contribution >= 0.6 is 23.2 Å². The molecule has 2 aromatic rings. The Morgan fingerprint density at radius 1 is 0.966 bits per heavy atom. The third-order valence-corrected chi connectivity index (χ3v) is 5.16. The van der Waals surface area contributed by atoms with Gasteiger partial charge >= 0.3 is 0 Å². The summed E-state index contributed by atoms with van der Waals surface area (Å²) in [4.78, 5) is 25.5. The minimum atomic E-state index is -0.792. The Hall–Kier alpha value is -2.35. The number of carbonyl (C=O) groups is 2. The number of nitrogens with one attached hydrogen (secondary N) is 1. The van der Waals surface area contributed by atoms with E-state index < -0.39 is 6.04 Å². The lowest BCUT2D eigenvalue weighted by Crippen LogP contribution is -2.33. The number of unbranched alkanes of at least 4 members (excludes halogenated alkanes) is 2. The highest BCUT2D eigenvalue weighted by atomic mass is 35.5. The fourth-order valence-corrected chi connectivity index (χ4v) is 3.20. The van der Waals surface area contributed by atoms with E-state index in [1.165, 1.54) is 0 Å². The number of Topliss-reactive ketones (excluding diaryl/α,β-unsaturated/α-hetero) is 1. The van der Waals surface area contributed by atoms with Crippen molar-refractivity contribution in [2.24, 2.45) is 5.92 Å². The summed E-state index contributed by atoms with van der Waals surface area (Å²) in [7, 11) is 0. The summed E-state index contributed by atoms with van der Waals surface area (Å²) in [6.07, 6.45) is 3.66. The largest absolute Gasteiger partial charge is 0.342 e. The van der Waals surface area contributed by atoms with Crippen LogP contribution in [-0.2, 0) is 4.79 Å². The quantitative estimate of drug-likeness (QED) is 0.363. The van der Waals surface area contributed by atoms with Gasteiger partial charge in [0.15, 0.2) is 5.78 Å². The Balaban J connectivity index is 2.03. The van der Waals surface area contributed by atoms with Gasteiger partial charge in [0.05, 0.1) is 6.07 Å². The van der Waals surface area contributed by atoms with Gasteiger partial charge in [-0.3, -0.25) is 9.59 Å². The molecule has 0 fully saturated rings. The maximum atomic E-state index is 13.0. The number of carbonyl (C=O) groups excluding carboxylic acids is 2. The lowest BCUT2D eigenvalue weighted by molar-refractivity contribution is -0.121. The summed E-state index contributed by atoms with van der Waals surface area (Å²) in [5.41, 5.74) is 1.14. The summed E-state index contributed by atoms with van der Waals surface area (Å²) in [5, 5.41) is 12.8. The van der Waals surface area contributed by atoms with E-state index in [0.29, 0.717) is 34.0 Å². The molecule has 0 aliphatic heterocycles. The van der Waals surface area contributed by atoms with Gasteiger partial charge in [0.1, 0.15) is 6.04 Å². The van der Waals surface area contributed by atoms with Crippen molar-refractivity contribution in [3.63, 3.8) is 0 Å². The molecule has 2 rings (SSSR count). The van der Waals surface area contributed by atoms with Crippen LogP contribution in [0, 0.1) is 17.2 Å². The van der Waals surface area contributed by atoms with Crippen molar-refractivity contribution in [2.75, 3.05) is 0 Å². The first kappa shape index (κ1) is 22.9. The number of benzene rings is 2. The molecule has 0 spiro atoms. The van der Waals surface area contributed by atoms with Crippen molar-refractivity contribution in [1.29, 1.82) is 5.26 Å². The highest BCUT2D eigenvalue weighted by Gasteiger charge is 2.24. The van der Waals surface area contributed by atoms with E-state index in [2.05, 4.69) is 11.4 Å². The zero-order valence-corrected chi connectivity index (χ0v) is 17.8. The summed E-state index contributed by atoms with van der Waals surface area (Å²) in [6, 6.07) is 14.9. The molecule has 1 amide bonds. The van der Waals surface area contributed by atoms with Crippen molar-refractivity contribution < 1.29 is 9.59 Å². The third-order valence-electron chi connectivity index (χ3n) is 4.66. The van der Waals surface area contributed by atoms with Gasteiger partial charge in [-0.05, 0) is 61.7 Å². The Bertz CT molecular complexity index is 858. The normalized spacial score (nSPS) is 12.6. The minimum absolute atomic E-state index is 0.0371. The molecule has 2 aromatic carbocycles. The molecule has 2 atom stereocenters. The number of ketones is 1. The highest BCUT2D eigenvalue weighted by molar-refractivity contribution is 6.31. The SMILES string of the molecule is CC(C#N)CCCCCC(=O)NC(C(=O)c1ccc(Cl)cc1)c1ccc(Cl)cc1. The predicted molar refractivity (Wildman–Crippen MR) is 116 cm³/mol. The van der Waals surface area contributed by atoms with Crippen LogP contribution in [0.5, 0.6) is 0 Å². The average molecular weight is 431 g/mol. The van der Waals surface area contributed by atoms with Gasteiger partial charge in [0.25, 0.3) is 0 Å². The molecule has 29 heavy (non-hydrogen) atoms. The number of amides is 1. The molecule has 0 aliphatic carbocycles. The van der Waals surface area contributed by atoms with Crippen molar-refractivity contribution in [1.82, 2.24) is 5.32 Å². The summed E-state index contributed by atoms with van der Waals surface area (Å²) >= 11 is 11.9. The van der Waals surface area contributed by atoms with Crippen molar-refractivity contribution in [3.8, 4) is 6.07 Å². The second kappa shape index (κ2) is 11.6. The Morgan fingerprint density at radius 3 is 2.14 bits per heavy atom. The van der Waals surface area contributed by atoms with Gasteiger partial charge in [-0.1, -0.05) is 48.2 Å². The van der Waals surface area contributed by atoms with Gasteiger partial charge in [-0.25, -0.2) is 0 Å². The number of nitriles is 1. The van der Waals surface area contributed by atoms with Crippen LogP contribution in [0.4, 0.5) is 0 Å². The van der Waals surface area contributed by atoms with E-state index in [1.54, 1.807) is 48.5 Å². The van der Waals surface area contributed by atoms with Gasteiger partial charge in [-0.2, -0.15) is 5.26 Å². The van der Waals surface area contributed by atoms with Crippen LogP contribution in [0.3, 0.4) is 0 Å². The van der Waals surface area contributed by atoms with Gasteiger partial charge in [0.2, 0.25) is 5.91 Å². The van der Waals surface area contributed by atoms with Crippen LogP contribution in [0.25, 0.3) is 0 Å². The van der Waals surface area contributed by atoms with Crippen LogP contribution in [0.1, 0.15) is 61.0 Å². The molecule has 152 valence electrons. The van der Waals surface area contributed by atoms with E-state index in [-0.39, 0.29) is 17.6 Å². The number of nitrogens with zero attached hydrogens (tertiary/aromatic N) is 1. The molecule has 0 heterocycles. The average Bonchev–Trinajstić information content (AvgIpc) is 2.72. The number of halogens is 2. The van der Waals surface area contributed by atoms with Crippen molar-refractivity contribution >= 4 is 34.9 Å². The topological polar surface area (TPSA) is 70.0 Å². The molecule has 6 heteroatoms. The maximum Gasteiger partial charge on any atom is 0.220 e. The van der Waals surface area contributed by atoms with Gasteiger partial charge in [0, 0.05) is 27.9 Å². The summed E-state index contributed by atoms with van der Waals surface area (Å²) < 4.78 is 0. The maximum absolute atomic E-state index is 13.0. The fraction of sp³-hybridized carbons (Fsp3) is 0.348. The van der Waals surface area contributed by atoms with Crippen LogP contribution < -0.4 is 5.32 Å². The smallest absolute Gasteiger partial charge is 0.220 e. The van der Waals surface area contributed by atoms with Crippen LogP contribution in [0.2, 0.25) is 10.0 Å². The molecule has 0 radical (unpaired) electrons. The number of hydrogen-bond donors (Lipinski definition) is 1. The molecule has 1 N–H and O–H groups in total. The second-order valence-electron chi connectivity index (χ2n) is 7.05. The molecular weight excluding hydrogens is 407 g/mol. The van der Waals surface area contributed by atoms with Gasteiger partial charge in [-0.15, -0.1) is 0 Å². The third kappa shape index (κ3) is 7.53. The molecule has 2 unspecified atom stereocenters. The van der Waals surface area contributed by atoms with E-state index >= 15 is 0 Å². The summed E-state index contributed by atoms with van der Waals surface area (Å²) in [5.74, 6) is -0.351. The first-order valence-corrected chi connectivity index (χ1v) is 10.4. The molecule has 0 saturated heterocycles. The molecule has 4 nitrogen and oxygen atoms in total. The van der Waals surface area contributed by atoms with E-state index in [1.807, 2.05) is 6.92 Å². The molecule has 0 aromatic heterocycles. The van der Waals surface area contributed by atoms with E-state index in [4.69, 9.17) is 28.5 Å². The molecule has 0 aliphatic rings. The standard InChI is InChI=1S/C23H24Cl2N2O2/c1-16(15-26)5-3-2-4-6-21(28)27-22(17-7-11-19(24)12-8-17)23(29)18-9-13-20(25)14-10-18/h7-14,16,22H,2-6H2,1H3,(H,27,28). The lowest BCUT2D eigenvalue weighted by Gasteiger charge is -2.19. The zero-order chi connectivity index (χ0) is 21.2. The Labute approximate surface area is 181 Å². The first-order chi connectivity index (χ1) is 13.9. The molecule has 0 bridgehead atoms. The monoisotopic (exact) mass is 430 g/mol. The minimum Gasteiger partial charge on any atom is -0.342 e.